The van der Waals surface area contributed by atoms with Crippen LogP contribution in [0.3, 0.4) is 0 Å². The van der Waals surface area contributed by atoms with Crippen molar-refractivity contribution in [3.63, 3.8) is 0 Å². The first kappa shape index (κ1) is 15.5. The second kappa shape index (κ2) is 5.33. The summed E-state index contributed by atoms with van der Waals surface area (Å²) in [5, 5.41) is 0. The minimum Gasteiger partial charge on any atom is -0.229 e. The molecule has 1 saturated carbocycles. The van der Waals surface area contributed by atoms with Crippen LogP contribution in [0.2, 0.25) is 0 Å². The Labute approximate surface area is 133 Å². The van der Waals surface area contributed by atoms with Crippen molar-refractivity contribution >= 4 is 35.8 Å². The highest BCUT2D eigenvalue weighted by atomic mass is 79.9. The molecule has 3 rings (SSSR count). The Morgan fingerprint density at radius 1 is 1.05 bits per heavy atom. The van der Waals surface area contributed by atoms with Gasteiger partial charge in [-0.3, -0.25) is 0 Å². The Kier molecular flexibility index (Phi) is 3.92. The molecule has 1 atom stereocenters. The normalized spacial score (nSPS) is 25.3. The van der Waals surface area contributed by atoms with Gasteiger partial charge >= 0.3 is 0 Å². The largest absolute Gasteiger partial charge is 0.243 e. The number of sulfonamides is 1. The van der Waals surface area contributed by atoms with Crippen LogP contribution < -0.4 is 0 Å². The molecular formula is C13H16BrNO4S2. The summed E-state index contributed by atoms with van der Waals surface area (Å²) in [7, 11) is -6.75. The fourth-order valence-corrected chi connectivity index (χ4v) is 6.69. The highest BCUT2D eigenvalue weighted by molar-refractivity contribution is 9.10. The van der Waals surface area contributed by atoms with Gasteiger partial charge in [-0.1, -0.05) is 15.9 Å². The number of benzene rings is 1. The number of hydrogen-bond acceptors (Lipinski definition) is 4. The first-order valence-electron chi connectivity index (χ1n) is 6.79. The fraction of sp³-hybridized carbons (Fsp3) is 0.538. The van der Waals surface area contributed by atoms with E-state index in [1.54, 1.807) is 24.3 Å². The lowest BCUT2D eigenvalue weighted by atomic mass is 10.2. The molecule has 1 aromatic carbocycles. The summed E-state index contributed by atoms with van der Waals surface area (Å²) >= 11 is 3.28. The van der Waals surface area contributed by atoms with Crippen LogP contribution in [0.25, 0.3) is 0 Å². The highest BCUT2D eigenvalue weighted by Crippen LogP contribution is 2.37. The summed E-state index contributed by atoms with van der Waals surface area (Å²) in [6.07, 6.45) is 2.02. The van der Waals surface area contributed by atoms with Crippen molar-refractivity contribution in [1.82, 2.24) is 4.31 Å². The highest BCUT2D eigenvalue weighted by Gasteiger charge is 2.46. The van der Waals surface area contributed by atoms with Crippen molar-refractivity contribution in [2.45, 2.75) is 36.2 Å². The molecule has 1 aromatic rings. The molecule has 0 spiro atoms. The van der Waals surface area contributed by atoms with E-state index in [0.717, 1.165) is 17.3 Å². The van der Waals surface area contributed by atoms with Crippen molar-refractivity contribution in [2.24, 2.45) is 0 Å². The minimum absolute atomic E-state index is 0.0445. The lowest BCUT2D eigenvalue weighted by Crippen LogP contribution is -2.42. The maximum atomic E-state index is 12.8. The maximum absolute atomic E-state index is 12.8. The van der Waals surface area contributed by atoms with E-state index < -0.39 is 25.9 Å². The zero-order chi connectivity index (χ0) is 15.3. The number of halogens is 1. The lowest BCUT2D eigenvalue weighted by molar-refractivity contribution is 0.332. The molecule has 0 radical (unpaired) electrons. The summed E-state index contributed by atoms with van der Waals surface area (Å²) in [6, 6.07) is 6.01. The monoisotopic (exact) mass is 393 g/mol. The number of sulfone groups is 1. The van der Waals surface area contributed by atoms with E-state index in [-0.39, 0.29) is 22.4 Å². The average Bonchev–Trinajstić information content (AvgIpc) is 3.14. The third-order valence-electron chi connectivity index (χ3n) is 3.86. The molecule has 2 fully saturated rings. The van der Waals surface area contributed by atoms with Crippen LogP contribution in [-0.2, 0) is 19.9 Å². The van der Waals surface area contributed by atoms with E-state index in [9.17, 15) is 16.8 Å². The first-order chi connectivity index (χ1) is 9.79. The predicted molar refractivity (Wildman–Crippen MR) is 83.2 cm³/mol. The van der Waals surface area contributed by atoms with Gasteiger partial charge in [0.05, 0.1) is 16.4 Å². The molecule has 1 aliphatic heterocycles. The van der Waals surface area contributed by atoms with E-state index >= 15 is 0 Å². The first-order valence-corrected chi connectivity index (χ1v) is 10.8. The van der Waals surface area contributed by atoms with Crippen LogP contribution in [0.4, 0.5) is 0 Å². The van der Waals surface area contributed by atoms with E-state index in [2.05, 4.69) is 15.9 Å². The van der Waals surface area contributed by atoms with Crippen LogP contribution in [-0.4, -0.2) is 44.7 Å². The predicted octanol–water partition coefficient (Wildman–Crippen LogP) is 1.79. The van der Waals surface area contributed by atoms with Gasteiger partial charge in [0.25, 0.3) is 0 Å². The van der Waals surface area contributed by atoms with Gasteiger partial charge in [0, 0.05) is 16.6 Å². The molecule has 8 heteroatoms. The Bertz CT molecular complexity index is 739. The van der Waals surface area contributed by atoms with Gasteiger partial charge in [-0.2, -0.15) is 4.31 Å². The standard InChI is InChI=1S/C13H16BrNO4S2/c14-10-1-5-13(6-2-10)21(18,19)15(11-3-4-11)12-7-8-20(16,17)9-12/h1-2,5-6,11-12H,3-4,7-9H2. The third kappa shape index (κ3) is 3.18. The Balaban J connectivity index is 1.95. The molecule has 5 nitrogen and oxygen atoms in total. The summed E-state index contributed by atoms with van der Waals surface area (Å²) < 4.78 is 51.3. The number of rotatable bonds is 4. The second-order valence-corrected chi connectivity index (χ2v) is 10.6. The molecule has 0 amide bonds. The van der Waals surface area contributed by atoms with Crippen LogP contribution in [0, 0.1) is 0 Å². The van der Waals surface area contributed by atoms with Crippen LogP contribution in [0.1, 0.15) is 19.3 Å². The van der Waals surface area contributed by atoms with Gasteiger partial charge in [0.1, 0.15) is 0 Å². The average molecular weight is 394 g/mol. The van der Waals surface area contributed by atoms with Crippen LogP contribution >= 0.6 is 15.9 Å². The van der Waals surface area contributed by atoms with Gasteiger partial charge in [-0.15, -0.1) is 0 Å². The van der Waals surface area contributed by atoms with Gasteiger partial charge in [0.2, 0.25) is 10.0 Å². The quantitative estimate of drug-likeness (QED) is 0.781. The fourth-order valence-electron chi connectivity index (χ4n) is 2.72. The molecule has 2 aliphatic rings. The molecule has 1 unspecified atom stereocenters. The number of hydrogen-bond donors (Lipinski definition) is 0. The van der Waals surface area contributed by atoms with Gasteiger partial charge in [-0.05, 0) is 43.5 Å². The third-order valence-corrected chi connectivity index (χ3v) is 8.16. The Morgan fingerprint density at radius 3 is 2.14 bits per heavy atom. The summed E-state index contributed by atoms with van der Waals surface area (Å²) in [5.74, 6) is 0.0238. The van der Waals surface area contributed by atoms with E-state index in [1.165, 1.54) is 4.31 Å². The zero-order valence-corrected chi connectivity index (χ0v) is 14.5. The van der Waals surface area contributed by atoms with Gasteiger partial charge < -0.3 is 0 Å². The van der Waals surface area contributed by atoms with Crippen LogP contribution in [0.5, 0.6) is 0 Å². The zero-order valence-electron chi connectivity index (χ0n) is 11.3. The van der Waals surface area contributed by atoms with Crippen molar-refractivity contribution in [3.8, 4) is 0 Å². The summed E-state index contributed by atoms with van der Waals surface area (Å²) in [6.45, 7) is 0. The molecule has 1 saturated heterocycles. The van der Waals surface area contributed by atoms with E-state index in [1.807, 2.05) is 0 Å². The van der Waals surface area contributed by atoms with Crippen molar-refractivity contribution in [1.29, 1.82) is 0 Å². The molecule has 0 aromatic heterocycles. The van der Waals surface area contributed by atoms with Gasteiger partial charge in [-0.25, -0.2) is 16.8 Å². The molecule has 116 valence electrons. The maximum Gasteiger partial charge on any atom is 0.243 e. The summed E-state index contributed by atoms with van der Waals surface area (Å²) in [4.78, 5) is 0.224. The molecule has 21 heavy (non-hydrogen) atoms. The smallest absolute Gasteiger partial charge is 0.229 e. The molecule has 0 N–H and O–H groups in total. The molecule has 1 heterocycles. The molecule has 1 aliphatic carbocycles. The van der Waals surface area contributed by atoms with Crippen molar-refractivity contribution < 1.29 is 16.8 Å². The topological polar surface area (TPSA) is 71.5 Å². The molecular weight excluding hydrogens is 378 g/mol. The van der Waals surface area contributed by atoms with Gasteiger partial charge in [0.15, 0.2) is 9.84 Å². The Morgan fingerprint density at radius 2 is 1.67 bits per heavy atom. The number of nitrogens with zero attached hydrogens (tertiary/aromatic N) is 1. The SMILES string of the molecule is O=S1(=O)CCC(N(C2CC2)S(=O)(=O)c2ccc(Br)cc2)C1. The van der Waals surface area contributed by atoms with Crippen molar-refractivity contribution in [2.75, 3.05) is 11.5 Å². The van der Waals surface area contributed by atoms with Crippen molar-refractivity contribution in [3.05, 3.63) is 28.7 Å². The lowest BCUT2D eigenvalue weighted by Gasteiger charge is -2.27. The second-order valence-electron chi connectivity index (χ2n) is 5.58. The van der Waals surface area contributed by atoms with Crippen LogP contribution in [0.15, 0.2) is 33.6 Å². The van der Waals surface area contributed by atoms with E-state index in [4.69, 9.17) is 0 Å². The summed E-state index contributed by atoms with van der Waals surface area (Å²) in [5.41, 5.74) is 0. The molecule has 0 bridgehead atoms. The van der Waals surface area contributed by atoms with E-state index in [0.29, 0.717) is 6.42 Å². The Hall–Kier alpha value is -0.440. The minimum atomic E-state index is -3.64.